The first-order chi connectivity index (χ1) is 27.8. The van der Waals surface area contributed by atoms with E-state index in [-0.39, 0.29) is 18.5 Å². The molecule has 1 aliphatic carbocycles. The van der Waals surface area contributed by atoms with E-state index in [4.69, 9.17) is 0 Å². The molecule has 1 aromatic heterocycles. The van der Waals surface area contributed by atoms with Gasteiger partial charge >= 0.3 is 0 Å². The smallest absolute Gasteiger partial charge is 0.0864 e. The molecule has 0 radical (unpaired) electrons. The van der Waals surface area contributed by atoms with Crippen LogP contribution in [0.15, 0.2) is 206 Å². The summed E-state index contributed by atoms with van der Waals surface area (Å²) in [7, 11) is 0. The molecule has 2 heterocycles. The molecule has 4 nitrogen and oxygen atoms in total. The summed E-state index contributed by atoms with van der Waals surface area (Å²) in [5.41, 5.74) is 14.5. The van der Waals surface area contributed by atoms with Gasteiger partial charge in [-0.1, -0.05) is 176 Å². The van der Waals surface area contributed by atoms with Crippen LogP contribution in [0.3, 0.4) is 0 Å². The topological polar surface area (TPSA) is 41.0 Å². The van der Waals surface area contributed by atoms with Crippen molar-refractivity contribution in [2.45, 2.75) is 23.9 Å². The lowest BCUT2D eigenvalue weighted by Crippen LogP contribution is -2.54. The summed E-state index contributed by atoms with van der Waals surface area (Å²) in [6, 6.07) is 75.3. The van der Waals surface area contributed by atoms with Gasteiger partial charge in [0.05, 0.1) is 34.9 Å². The van der Waals surface area contributed by atoms with Gasteiger partial charge < -0.3 is 4.57 Å². The first-order valence-electron chi connectivity index (χ1n) is 19.5. The Morgan fingerprint density at radius 1 is 0.357 bits per heavy atom. The quantitative estimate of drug-likeness (QED) is 0.160. The van der Waals surface area contributed by atoms with Gasteiger partial charge in [0.15, 0.2) is 0 Å². The van der Waals surface area contributed by atoms with Crippen LogP contribution >= 0.6 is 0 Å². The fraction of sp³-hybridized carbons (Fsp3) is 0.0769. The molecule has 0 saturated carbocycles. The average molecular weight is 721 g/mol. The first-order valence-corrected chi connectivity index (χ1v) is 19.5. The Morgan fingerprint density at radius 3 is 1.43 bits per heavy atom. The minimum absolute atomic E-state index is 0.0199. The molecule has 0 bridgehead atoms. The molecule has 9 aromatic rings. The van der Waals surface area contributed by atoms with Gasteiger partial charge in [-0.05, 0) is 80.4 Å². The van der Waals surface area contributed by atoms with Crippen molar-refractivity contribution in [1.82, 2.24) is 20.5 Å². The molecule has 56 heavy (non-hydrogen) atoms. The van der Waals surface area contributed by atoms with Crippen LogP contribution in [-0.2, 0) is 5.41 Å². The van der Waals surface area contributed by atoms with Crippen molar-refractivity contribution in [2.24, 2.45) is 0 Å². The summed E-state index contributed by atoms with van der Waals surface area (Å²) >= 11 is 0. The molecule has 1 fully saturated rings. The maximum atomic E-state index is 3.84. The molecule has 3 N–H and O–H groups in total. The van der Waals surface area contributed by atoms with Crippen LogP contribution in [0.2, 0.25) is 0 Å². The summed E-state index contributed by atoms with van der Waals surface area (Å²) in [6.07, 6.45) is -0.107. The van der Waals surface area contributed by atoms with Crippen molar-refractivity contribution in [1.29, 1.82) is 0 Å². The zero-order chi connectivity index (χ0) is 37.1. The number of nitrogens with zero attached hydrogens (tertiary/aromatic N) is 1. The van der Waals surface area contributed by atoms with Gasteiger partial charge in [0, 0.05) is 16.5 Å². The Balaban J connectivity index is 1.06. The van der Waals surface area contributed by atoms with Crippen LogP contribution < -0.4 is 16.0 Å². The van der Waals surface area contributed by atoms with Crippen molar-refractivity contribution in [3.05, 3.63) is 245 Å². The average Bonchev–Trinajstić information content (AvgIpc) is 3.76. The fourth-order valence-corrected chi connectivity index (χ4v) is 9.51. The van der Waals surface area contributed by atoms with Gasteiger partial charge in [0.1, 0.15) is 0 Å². The number of rotatable bonds is 6. The standard InChI is InChI=1S/C52H40N4/c1-5-17-35(18-6-1)49-53-50(36-19-7-2-8-20-36)55-51(54-49)37-29-31-40(32-30-37)56-47-28-16-14-26-42(47)44-33-46-43(34-48(44)56)41-25-13-15-27-45(41)52(46,38-21-9-3-10-22-38)39-23-11-4-12-24-39/h1-34,49-51,53-55H. The van der Waals surface area contributed by atoms with E-state index in [1.54, 1.807) is 0 Å². The predicted octanol–water partition coefficient (Wildman–Crippen LogP) is 11.3. The van der Waals surface area contributed by atoms with Gasteiger partial charge in [-0.15, -0.1) is 0 Å². The highest BCUT2D eigenvalue weighted by atomic mass is 15.4. The van der Waals surface area contributed by atoms with E-state index in [1.807, 2.05) is 0 Å². The number of para-hydroxylation sites is 1. The van der Waals surface area contributed by atoms with E-state index in [0.29, 0.717) is 0 Å². The normalized spacial score (nSPS) is 18.5. The molecule has 268 valence electrons. The second kappa shape index (κ2) is 13.3. The van der Waals surface area contributed by atoms with Crippen LogP contribution in [0.25, 0.3) is 38.6 Å². The van der Waals surface area contributed by atoms with E-state index in [1.165, 1.54) is 71.9 Å². The number of fused-ring (bicyclic) bond motifs is 6. The highest BCUT2D eigenvalue weighted by Crippen LogP contribution is 2.57. The van der Waals surface area contributed by atoms with E-state index in [9.17, 15) is 0 Å². The van der Waals surface area contributed by atoms with E-state index >= 15 is 0 Å². The molecule has 2 aliphatic rings. The Kier molecular flexibility index (Phi) is 7.81. The van der Waals surface area contributed by atoms with E-state index in [2.05, 4.69) is 227 Å². The van der Waals surface area contributed by atoms with Crippen LogP contribution in [0.1, 0.15) is 57.4 Å². The van der Waals surface area contributed by atoms with Crippen molar-refractivity contribution >= 4 is 21.8 Å². The highest BCUT2D eigenvalue weighted by molar-refractivity contribution is 6.11. The largest absolute Gasteiger partial charge is 0.309 e. The second-order valence-electron chi connectivity index (χ2n) is 15.0. The second-order valence-corrected chi connectivity index (χ2v) is 15.0. The number of aromatic nitrogens is 1. The summed E-state index contributed by atoms with van der Waals surface area (Å²) in [5, 5.41) is 14.0. The zero-order valence-electron chi connectivity index (χ0n) is 30.8. The van der Waals surface area contributed by atoms with E-state index < -0.39 is 5.41 Å². The number of hydrogen-bond acceptors (Lipinski definition) is 3. The molecule has 0 spiro atoms. The van der Waals surface area contributed by atoms with Crippen molar-refractivity contribution in [2.75, 3.05) is 0 Å². The van der Waals surface area contributed by atoms with Crippen LogP contribution in [-0.4, -0.2) is 4.57 Å². The molecular formula is C52H40N4. The third kappa shape index (κ3) is 5.11. The molecule has 2 atom stereocenters. The molecule has 1 aliphatic heterocycles. The van der Waals surface area contributed by atoms with Crippen LogP contribution in [0.5, 0.6) is 0 Å². The fourth-order valence-electron chi connectivity index (χ4n) is 9.51. The third-order valence-electron chi connectivity index (χ3n) is 12.0. The number of benzene rings is 8. The highest BCUT2D eigenvalue weighted by Gasteiger charge is 2.46. The Hall–Kier alpha value is -6.56. The molecule has 2 unspecified atom stereocenters. The SMILES string of the molecule is c1ccc(C2NC(c3ccccc3)NC(c3ccc(-n4c5ccccc5c5cc6c(cc54)-c4ccccc4C6(c4ccccc4)c4ccccc4)cc3)N2)cc1. The lowest BCUT2D eigenvalue weighted by atomic mass is 9.67. The molecular weight excluding hydrogens is 681 g/mol. The van der Waals surface area contributed by atoms with Crippen molar-refractivity contribution in [3.63, 3.8) is 0 Å². The van der Waals surface area contributed by atoms with Gasteiger partial charge in [0.25, 0.3) is 0 Å². The summed E-state index contributed by atoms with van der Waals surface area (Å²) in [4.78, 5) is 0. The maximum Gasteiger partial charge on any atom is 0.0864 e. The minimum Gasteiger partial charge on any atom is -0.309 e. The summed E-state index contributed by atoms with van der Waals surface area (Å²) in [5.74, 6) is 0. The lowest BCUT2D eigenvalue weighted by Gasteiger charge is -2.39. The molecule has 8 aromatic carbocycles. The van der Waals surface area contributed by atoms with Crippen molar-refractivity contribution in [3.8, 4) is 16.8 Å². The monoisotopic (exact) mass is 720 g/mol. The zero-order valence-corrected chi connectivity index (χ0v) is 30.8. The molecule has 0 amide bonds. The first kappa shape index (κ1) is 32.8. The van der Waals surface area contributed by atoms with Gasteiger partial charge in [0.2, 0.25) is 0 Å². The third-order valence-corrected chi connectivity index (χ3v) is 12.0. The Labute approximate surface area is 327 Å². The minimum atomic E-state index is -0.447. The number of hydrogen-bond donors (Lipinski definition) is 3. The Morgan fingerprint density at radius 2 is 0.839 bits per heavy atom. The number of nitrogens with one attached hydrogen (secondary N) is 3. The van der Waals surface area contributed by atoms with Crippen LogP contribution in [0.4, 0.5) is 0 Å². The maximum absolute atomic E-state index is 3.84. The van der Waals surface area contributed by atoms with Gasteiger partial charge in [-0.3, -0.25) is 16.0 Å². The van der Waals surface area contributed by atoms with Crippen LogP contribution in [0, 0.1) is 0 Å². The van der Waals surface area contributed by atoms with Gasteiger partial charge in [-0.2, -0.15) is 0 Å². The summed E-state index contributed by atoms with van der Waals surface area (Å²) < 4.78 is 2.45. The molecule has 1 saturated heterocycles. The lowest BCUT2D eigenvalue weighted by molar-refractivity contribution is 0.203. The Bertz CT molecular complexity index is 2740. The van der Waals surface area contributed by atoms with Crippen molar-refractivity contribution < 1.29 is 0 Å². The molecule has 11 rings (SSSR count). The predicted molar refractivity (Wildman–Crippen MR) is 229 cm³/mol. The summed E-state index contributed by atoms with van der Waals surface area (Å²) in [6.45, 7) is 0. The van der Waals surface area contributed by atoms with Gasteiger partial charge in [-0.25, -0.2) is 0 Å². The molecule has 4 heteroatoms. The van der Waals surface area contributed by atoms with E-state index in [0.717, 1.165) is 5.69 Å².